The fraction of sp³-hybridized carbons (Fsp3) is 0.200. The lowest BCUT2D eigenvalue weighted by atomic mass is 10.0. The first-order valence-corrected chi connectivity index (χ1v) is 7.29. The van der Waals surface area contributed by atoms with Gasteiger partial charge in [-0.25, -0.2) is 9.37 Å². The molecule has 3 rings (SSSR count). The number of aromatic nitrogens is 4. The lowest BCUT2D eigenvalue weighted by molar-refractivity contribution is 0.382. The molecule has 0 bridgehead atoms. The van der Waals surface area contributed by atoms with Crippen LogP contribution in [0.1, 0.15) is 18.1 Å². The predicted molar refractivity (Wildman–Crippen MR) is 83.3 cm³/mol. The molecule has 8 heteroatoms. The lowest BCUT2D eigenvalue weighted by Gasteiger charge is -2.11. The Hall–Kier alpha value is -2.54. The molecular formula is C15H13ClFN5O. The topological polar surface area (TPSA) is 76.7 Å². The maximum Gasteiger partial charge on any atom is 0.230 e. The molecule has 118 valence electrons. The SMILES string of the molecule is Cc1noc(CC=C2C=CC(Nc3nc(Cl)ncc3F)=CC2)n1. The van der Waals surface area contributed by atoms with Gasteiger partial charge in [0.25, 0.3) is 0 Å². The standard InChI is InChI=1S/C15H13ClFN5O/c1-9-19-13(23-22-9)7-4-10-2-5-11(6-3-10)20-14-12(17)8-18-15(16)21-14/h2,4-6,8H,3,7H2,1H3,(H,18,20,21). The maximum atomic E-state index is 13.6. The van der Waals surface area contributed by atoms with Gasteiger partial charge in [-0.3, -0.25) is 0 Å². The van der Waals surface area contributed by atoms with Crippen molar-refractivity contribution < 1.29 is 8.91 Å². The number of nitrogens with one attached hydrogen (secondary N) is 1. The van der Waals surface area contributed by atoms with Crippen molar-refractivity contribution >= 4 is 17.4 Å². The van der Waals surface area contributed by atoms with Crippen LogP contribution in [0.3, 0.4) is 0 Å². The molecule has 0 saturated heterocycles. The van der Waals surface area contributed by atoms with Crippen LogP contribution in [-0.4, -0.2) is 20.1 Å². The van der Waals surface area contributed by atoms with Crippen LogP contribution in [0, 0.1) is 12.7 Å². The zero-order valence-corrected chi connectivity index (χ0v) is 13.0. The zero-order valence-electron chi connectivity index (χ0n) is 12.3. The average molecular weight is 334 g/mol. The van der Waals surface area contributed by atoms with Crippen LogP contribution in [0.5, 0.6) is 0 Å². The number of hydrogen-bond donors (Lipinski definition) is 1. The van der Waals surface area contributed by atoms with E-state index in [1.165, 1.54) is 0 Å². The number of allylic oxidation sites excluding steroid dienone is 5. The van der Waals surface area contributed by atoms with E-state index in [2.05, 4.69) is 25.4 Å². The third-order valence-electron chi connectivity index (χ3n) is 3.12. The molecule has 0 aromatic carbocycles. The van der Waals surface area contributed by atoms with Gasteiger partial charge in [0.1, 0.15) is 0 Å². The minimum atomic E-state index is -0.559. The zero-order chi connectivity index (χ0) is 16.2. The number of rotatable bonds is 4. The van der Waals surface area contributed by atoms with Gasteiger partial charge in [0.2, 0.25) is 11.2 Å². The first kappa shape index (κ1) is 15.4. The van der Waals surface area contributed by atoms with Gasteiger partial charge >= 0.3 is 0 Å². The van der Waals surface area contributed by atoms with E-state index in [0.29, 0.717) is 24.6 Å². The third kappa shape index (κ3) is 4.01. The Bertz CT molecular complexity index is 812. The van der Waals surface area contributed by atoms with Crippen LogP contribution < -0.4 is 5.32 Å². The smallest absolute Gasteiger partial charge is 0.230 e. The largest absolute Gasteiger partial charge is 0.339 e. The van der Waals surface area contributed by atoms with E-state index in [-0.39, 0.29) is 11.1 Å². The third-order valence-corrected chi connectivity index (χ3v) is 3.30. The number of halogens is 2. The van der Waals surface area contributed by atoms with Crippen molar-refractivity contribution in [3.8, 4) is 0 Å². The summed E-state index contributed by atoms with van der Waals surface area (Å²) in [5.41, 5.74) is 1.84. The molecule has 2 aromatic heterocycles. The van der Waals surface area contributed by atoms with E-state index in [1.54, 1.807) is 6.92 Å². The van der Waals surface area contributed by atoms with E-state index >= 15 is 0 Å². The predicted octanol–water partition coefficient (Wildman–Crippen LogP) is 3.39. The van der Waals surface area contributed by atoms with E-state index < -0.39 is 5.82 Å². The molecule has 0 spiro atoms. The summed E-state index contributed by atoms with van der Waals surface area (Å²) >= 11 is 5.66. The first-order valence-electron chi connectivity index (χ1n) is 6.91. The van der Waals surface area contributed by atoms with Crippen molar-refractivity contribution in [1.82, 2.24) is 20.1 Å². The molecule has 1 aliphatic carbocycles. The molecule has 1 N–H and O–H groups in total. The molecule has 0 saturated carbocycles. The molecular weight excluding hydrogens is 321 g/mol. The van der Waals surface area contributed by atoms with E-state index in [0.717, 1.165) is 17.5 Å². The molecule has 0 unspecified atom stereocenters. The monoisotopic (exact) mass is 333 g/mol. The Balaban J connectivity index is 1.62. The summed E-state index contributed by atoms with van der Waals surface area (Å²) in [6.07, 6.45) is 10.0. The van der Waals surface area contributed by atoms with Crippen LogP contribution in [0.2, 0.25) is 5.28 Å². The fourth-order valence-electron chi connectivity index (χ4n) is 2.02. The summed E-state index contributed by atoms with van der Waals surface area (Å²) in [5, 5.41) is 6.61. The van der Waals surface area contributed by atoms with Crippen LogP contribution >= 0.6 is 11.6 Å². The average Bonchev–Trinajstić information content (AvgIpc) is 2.96. The quantitative estimate of drug-likeness (QED) is 0.864. The highest BCUT2D eigenvalue weighted by Crippen LogP contribution is 2.20. The second kappa shape index (κ2) is 6.70. The van der Waals surface area contributed by atoms with Crippen molar-refractivity contribution in [3.63, 3.8) is 0 Å². The molecule has 0 fully saturated rings. The van der Waals surface area contributed by atoms with Crippen LogP contribution in [-0.2, 0) is 6.42 Å². The summed E-state index contributed by atoms with van der Waals surface area (Å²) < 4.78 is 18.6. The highest BCUT2D eigenvalue weighted by atomic mass is 35.5. The Kier molecular flexibility index (Phi) is 4.47. The molecule has 2 aromatic rings. The summed E-state index contributed by atoms with van der Waals surface area (Å²) in [5.74, 6) is 0.690. The molecule has 0 radical (unpaired) electrons. The van der Waals surface area contributed by atoms with E-state index in [1.807, 2.05) is 24.3 Å². The molecule has 0 aliphatic heterocycles. The summed E-state index contributed by atoms with van der Waals surface area (Å²) in [7, 11) is 0. The minimum absolute atomic E-state index is 0.00951. The minimum Gasteiger partial charge on any atom is -0.339 e. The van der Waals surface area contributed by atoms with Gasteiger partial charge in [0.05, 0.1) is 6.20 Å². The van der Waals surface area contributed by atoms with E-state index in [9.17, 15) is 4.39 Å². The van der Waals surface area contributed by atoms with Crippen molar-refractivity contribution in [2.24, 2.45) is 0 Å². The van der Waals surface area contributed by atoms with Gasteiger partial charge in [0, 0.05) is 12.1 Å². The summed E-state index contributed by atoms with van der Waals surface area (Å²) in [4.78, 5) is 11.5. The number of hydrogen-bond acceptors (Lipinski definition) is 6. The van der Waals surface area contributed by atoms with Gasteiger partial charge in [0.15, 0.2) is 17.5 Å². The fourth-order valence-corrected chi connectivity index (χ4v) is 2.15. The van der Waals surface area contributed by atoms with Gasteiger partial charge in [-0.05, 0) is 36.6 Å². The second-order valence-electron chi connectivity index (χ2n) is 4.88. The van der Waals surface area contributed by atoms with Gasteiger partial charge in [-0.1, -0.05) is 23.4 Å². The molecule has 6 nitrogen and oxygen atoms in total. The van der Waals surface area contributed by atoms with Crippen molar-refractivity contribution in [3.05, 3.63) is 64.6 Å². The Morgan fingerprint density at radius 1 is 1.39 bits per heavy atom. The van der Waals surface area contributed by atoms with Crippen molar-refractivity contribution in [2.75, 3.05) is 5.32 Å². The first-order chi connectivity index (χ1) is 11.1. The Morgan fingerprint density at radius 2 is 2.26 bits per heavy atom. The normalized spacial score (nSPS) is 15.8. The summed E-state index contributed by atoms with van der Waals surface area (Å²) in [6.45, 7) is 1.78. The highest BCUT2D eigenvalue weighted by Gasteiger charge is 2.09. The molecule has 23 heavy (non-hydrogen) atoms. The number of nitrogens with zero attached hydrogens (tertiary/aromatic N) is 4. The number of anilines is 1. The van der Waals surface area contributed by atoms with Gasteiger partial charge in [-0.15, -0.1) is 0 Å². The highest BCUT2D eigenvalue weighted by molar-refractivity contribution is 6.28. The van der Waals surface area contributed by atoms with Crippen LogP contribution in [0.25, 0.3) is 0 Å². The number of aryl methyl sites for hydroxylation is 1. The van der Waals surface area contributed by atoms with E-state index in [4.69, 9.17) is 16.1 Å². The van der Waals surface area contributed by atoms with Crippen LogP contribution in [0.15, 0.2) is 46.3 Å². The Labute approximate surface area is 136 Å². The van der Waals surface area contributed by atoms with Gasteiger partial charge in [-0.2, -0.15) is 9.97 Å². The van der Waals surface area contributed by atoms with Crippen molar-refractivity contribution in [2.45, 2.75) is 19.8 Å². The maximum absolute atomic E-state index is 13.6. The molecule has 1 aliphatic rings. The Morgan fingerprint density at radius 3 is 2.96 bits per heavy atom. The molecule has 0 amide bonds. The van der Waals surface area contributed by atoms with Crippen molar-refractivity contribution in [1.29, 1.82) is 0 Å². The summed E-state index contributed by atoms with van der Waals surface area (Å²) in [6, 6.07) is 0. The van der Waals surface area contributed by atoms with Crippen LogP contribution in [0.4, 0.5) is 10.2 Å². The molecule has 0 atom stereocenters. The second-order valence-corrected chi connectivity index (χ2v) is 5.21. The van der Waals surface area contributed by atoms with Gasteiger partial charge < -0.3 is 9.84 Å². The molecule has 2 heterocycles. The lowest BCUT2D eigenvalue weighted by Crippen LogP contribution is -2.05.